The maximum atomic E-state index is 11.4. The van der Waals surface area contributed by atoms with Crippen LogP contribution in [0.3, 0.4) is 0 Å². The van der Waals surface area contributed by atoms with Gasteiger partial charge < -0.3 is 4.74 Å². The second-order valence-electron chi connectivity index (χ2n) is 3.20. The molecule has 1 rings (SSSR count). The molecule has 0 saturated heterocycles. The van der Waals surface area contributed by atoms with Gasteiger partial charge in [0.2, 0.25) is 0 Å². The Morgan fingerprint density at radius 3 is 3.00 bits per heavy atom. The lowest BCUT2D eigenvalue weighted by Crippen LogP contribution is -2.08. The van der Waals surface area contributed by atoms with Crippen molar-refractivity contribution in [1.29, 1.82) is 0 Å². The molecule has 1 heterocycles. The Balaban J connectivity index is 2.40. The quantitative estimate of drug-likeness (QED) is 0.573. The Kier molecular flexibility index (Phi) is 5.12. The van der Waals surface area contributed by atoms with Gasteiger partial charge in [0.05, 0.1) is 6.61 Å². The van der Waals surface area contributed by atoms with Gasteiger partial charge in [-0.05, 0) is 18.6 Å². The minimum Gasteiger partial charge on any atom is -0.461 e. The number of unbranched alkanes of at least 4 members (excludes halogenated alkanes) is 2. The van der Waals surface area contributed by atoms with E-state index in [9.17, 15) is 4.79 Å². The van der Waals surface area contributed by atoms with Crippen molar-refractivity contribution in [2.45, 2.75) is 26.2 Å². The lowest BCUT2D eigenvalue weighted by molar-refractivity contribution is 0.0491. The highest BCUT2D eigenvalue weighted by Gasteiger charge is 2.08. The van der Waals surface area contributed by atoms with Gasteiger partial charge in [0.1, 0.15) is 5.69 Å². The van der Waals surface area contributed by atoms with E-state index in [1.54, 1.807) is 6.07 Å². The summed E-state index contributed by atoms with van der Waals surface area (Å²) >= 11 is 5.72. The predicted molar refractivity (Wildman–Crippen MR) is 59.1 cm³/mol. The third kappa shape index (κ3) is 4.30. The van der Waals surface area contributed by atoms with Gasteiger partial charge in [-0.3, -0.25) is 0 Å². The number of carbonyl (C=O) groups excluding carboxylic acids is 1. The zero-order chi connectivity index (χ0) is 11.1. The van der Waals surface area contributed by atoms with Gasteiger partial charge in [-0.25, -0.2) is 9.78 Å². The number of rotatable bonds is 5. The Labute approximate surface area is 94.4 Å². The van der Waals surface area contributed by atoms with Crippen LogP contribution in [-0.2, 0) is 4.74 Å². The van der Waals surface area contributed by atoms with Crippen LogP contribution in [-0.4, -0.2) is 17.6 Å². The molecule has 0 aromatic carbocycles. The zero-order valence-electron chi connectivity index (χ0n) is 8.70. The highest BCUT2D eigenvalue weighted by Crippen LogP contribution is 2.09. The number of ether oxygens (including phenoxy) is 1. The van der Waals surface area contributed by atoms with Crippen molar-refractivity contribution in [2.24, 2.45) is 0 Å². The summed E-state index contributed by atoms with van der Waals surface area (Å²) in [4.78, 5) is 15.3. The van der Waals surface area contributed by atoms with E-state index in [0.717, 1.165) is 19.3 Å². The fourth-order valence-electron chi connectivity index (χ4n) is 1.11. The standard InChI is InChI=1S/C11H14ClNO2/c1-2-3-4-7-15-11(14)10-8-9(12)5-6-13-10/h5-6,8H,2-4,7H2,1H3. The summed E-state index contributed by atoms with van der Waals surface area (Å²) in [5.74, 6) is -0.409. The van der Waals surface area contributed by atoms with Gasteiger partial charge in [-0.15, -0.1) is 0 Å². The maximum absolute atomic E-state index is 11.4. The van der Waals surface area contributed by atoms with Crippen LogP contribution in [0.15, 0.2) is 18.3 Å². The third-order valence-corrected chi connectivity index (χ3v) is 2.15. The first-order chi connectivity index (χ1) is 7.24. The largest absolute Gasteiger partial charge is 0.461 e. The Morgan fingerprint density at radius 2 is 2.33 bits per heavy atom. The van der Waals surface area contributed by atoms with E-state index in [1.165, 1.54) is 12.3 Å². The zero-order valence-corrected chi connectivity index (χ0v) is 9.46. The second-order valence-corrected chi connectivity index (χ2v) is 3.64. The molecule has 0 fully saturated rings. The van der Waals surface area contributed by atoms with E-state index in [1.807, 2.05) is 0 Å². The SMILES string of the molecule is CCCCCOC(=O)c1cc(Cl)ccn1. The molecule has 82 valence electrons. The molecule has 0 aliphatic carbocycles. The molecule has 0 bridgehead atoms. The van der Waals surface area contributed by atoms with Crippen LogP contribution < -0.4 is 0 Å². The molecule has 1 aromatic heterocycles. The molecule has 0 N–H and O–H groups in total. The number of hydrogen-bond acceptors (Lipinski definition) is 3. The van der Waals surface area contributed by atoms with E-state index in [-0.39, 0.29) is 5.69 Å². The predicted octanol–water partition coefficient (Wildman–Crippen LogP) is 3.08. The van der Waals surface area contributed by atoms with Crippen LogP contribution in [0.5, 0.6) is 0 Å². The molecule has 0 aliphatic heterocycles. The van der Waals surface area contributed by atoms with Gasteiger partial charge in [-0.2, -0.15) is 0 Å². The molecule has 0 aliphatic rings. The molecule has 0 saturated carbocycles. The number of hydrogen-bond donors (Lipinski definition) is 0. The van der Waals surface area contributed by atoms with E-state index < -0.39 is 5.97 Å². The summed E-state index contributed by atoms with van der Waals surface area (Å²) in [6.45, 7) is 2.54. The van der Waals surface area contributed by atoms with Gasteiger partial charge >= 0.3 is 5.97 Å². The van der Waals surface area contributed by atoms with Crippen LogP contribution in [0.2, 0.25) is 5.02 Å². The molecule has 0 amide bonds. The Bertz CT molecular complexity index is 328. The van der Waals surface area contributed by atoms with Crippen LogP contribution in [0, 0.1) is 0 Å². The van der Waals surface area contributed by atoms with E-state index in [0.29, 0.717) is 11.6 Å². The summed E-state index contributed by atoms with van der Waals surface area (Å²) in [7, 11) is 0. The van der Waals surface area contributed by atoms with Crippen molar-refractivity contribution in [3.8, 4) is 0 Å². The fourth-order valence-corrected chi connectivity index (χ4v) is 1.27. The molecular weight excluding hydrogens is 214 g/mol. The number of esters is 1. The van der Waals surface area contributed by atoms with Crippen molar-refractivity contribution in [3.05, 3.63) is 29.0 Å². The molecule has 15 heavy (non-hydrogen) atoms. The Morgan fingerprint density at radius 1 is 1.53 bits per heavy atom. The Hall–Kier alpha value is -1.09. The summed E-state index contributed by atoms with van der Waals surface area (Å²) in [6, 6.07) is 3.12. The molecular formula is C11H14ClNO2. The van der Waals surface area contributed by atoms with Crippen LogP contribution >= 0.6 is 11.6 Å². The van der Waals surface area contributed by atoms with Gasteiger partial charge in [-0.1, -0.05) is 31.4 Å². The molecule has 0 spiro atoms. The monoisotopic (exact) mass is 227 g/mol. The maximum Gasteiger partial charge on any atom is 0.356 e. The highest BCUT2D eigenvalue weighted by atomic mass is 35.5. The van der Waals surface area contributed by atoms with Crippen LogP contribution in [0.4, 0.5) is 0 Å². The second kappa shape index (κ2) is 6.40. The van der Waals surface area contributed by atoms with Crippen molar-refractivity contribution < 1.29 is 9.53 Å². The summed E-state index contributed by atoms with van der Waals surface area (Å²) in [5.41, 5.74) is 0.263. The van der Waals surface area contributed by atoms with E-state index >= 15 is 0 Å². The number of aromatic nitrogens is 1. The lowest BCUT2D eigenvalue weighted by atomic mass is 10.3. The normalized spacial score (nSPS) is 10.0. The average Bonchev–Trinajstić information content (AvgIpc) is 2.24. The van der Waals surface area contributed by atoms with Crippen molar-refractivity contribution in [3.63, 3.8) is 0 Å². The lowest BCUT2D eigenvalue weighted by Gasteiger charge is -2.03. The first-order valence-electron chi connectivity index (χ1n) is 5.02. The van der Waals surface area contributed by atoms with Gasteiger partial charge in [0, 0.05) is 11.2 Å². The van der Waals surface area contributed by atoms with Crippen molar-refractivity contribution in [1.82, 2.24) is 4.98 Å². The van der Waals surface area contributed by atoms with E-state index in [2.05, 4.69) is 11.9 Å². The number of nitrogens with zero attached hydrogens (tertiary/aromatic N) is 1. The third-order valence-electron chi connectivity index (χ3n) is 1.91. The summed E-state index contributed by atoms with van der Waals surface area (Å²) in [6.07, 6.45) is 4.55. The molecule has 0 radical (unpaired) electrons. The smallest absolute Gasteiger partial charge is 0.356 e. The van der Waals surface area contributed by atoms with Crippen LogP contribution in [0.1, 0.15) is 36.7 Å². The van der Waals surface area contributed by atoms with Crippen molar-refractivity contribution >= 4 is 17.6 Å². The number of pyridine rings is 1. The van der Waals surface area contributed by atoms with E-state index in [4.69, 9.17) is 16.3 Å². The summed E-state index contributed by atoms with van der Waals surface area (Å²) in [5, 5.41) is 0.491. The first-order valence-corrected chi connectivity index (χ1v) is 5.40. The van der Waals surface area contributed by atoms with Crippen molar-refractivity contribution in [2.75, 3.05) is 6.61 Å². The molecule has 3 nitrogen and oxygen atoms in total. The number of carbonyl (C=O) groups is 1. The minimum absolute atomic E-state index is 0.263. The summed E-state index contributed by atoms with van der Waals surface area (Å²) < 4.78 is 5.03. The molecule has 1 aromatic rings. The van der Waals surface area contributed by atoms with Crippen LogP contribution in [0.25, 0.3) is 0 Å². The van der Waals surface area contributed by atoms with Gasteiger partial charge in [0.25, 0.3) is 0 Å². The highest BCUT2D eigenvalue weighted by molar-refractivity contribution is 6.30. The van der Waals surface area contributed by atoms with Gasteiger partial charge in [0.15, 0.2) is 0 Å². The molecule has 4 heteroatoms. The molecule has 0 unspecified atom stereocenters. The minimum atomic E-state index is -0.409. The topological polar surface area (TPSA) is 39.2 Å². The average molecular weight is 228 g/mol. The molecule has 0 atom stereocenters. The number of halogens is 1. The first kappa shape index (κ1) is 12.0. The fraction of sp³-hybridized carbons (Fsp3) is 0.455.